The molecule has 2 bridgehead atoms. The Labute approximate surface area is 148 Å². The number of carbonyl (C=O) groups excluding carboxylic acids is 1. The normalized spacial score (nSPS) is 25.8. The minimum Gasteiger partial charge on any atom is -0.356 e. The van der Waals surface area contributed by atoms with Crippen LogP contribution in [0.4, 0.5) is 0 Å². The Morgan fingerprint density at radius 2 is 2.25 bits per heavy atom. The number of fused-ring (bicyclic) bond motifs is 2. The third-order valence-corrected chi connectivity index (χ3v) is 6.11. The lowest BCUT2D eigenvalue weighted by atomic mass is 9.95. The van der Waals surface area contributed by atoms with Gasteiger partial charge < -0.3 is 15.5 Å². The highest BCUT2D eigenvalue weighted by molar-refractivity contribution is 7.09. The molecule has 6 heteroatoms. The summed E-state index contributed by atoms with van der Waals surface area (Å²) in [5, 5.41) is 9.11. The predicted octanol–water partition coefficient (Wildman–Crippen LogP) is 2.10. The highest BCUT2D eigenvalue weighted by Gasteiger charge is 2.39. The number of nitrogens with one attached hydrogen (secondary N) is 2. The number of aliphatic imine (C=N–C) groups is 1. The minimum absolute atomic E-state index is 0.0299. The molecule has 1 aromatic rings. The van der Waals surface area contributed by atoms with E-state index in [1.807, 2.05) is 0 Å². The lowest BCUT2D eigenvalue weighted by molar-refractivity contribution is -0.127. The van der Waals surface area contributed by atoms with Crippen LogP contribution >= 0.6 is 11.3 Å². The molecule has 5 nitrogen and oxygen atoms in total. The Morgan fingerprint density at radius 1 is 1.38 bits per heavy atom. The molecule has 2 aliphatic rings. The van der Waals surface area contributed by atoms with Gasteiger partial charge in [-0.15, -0.1) is 11.3 Å². The van der Waals surface area contributed by atoms with Crippen LogP contribution in [0, 0.1) is 11.8 Å². The largest absolute Gasteiger partial charge is 0.356 e. The second-order valence-electron chi connectivity index (χ2n) is 7.13. The summed E-state index contributed by atoms with van der Waals surface area (Å²) in [5.41, 5.74) is 0. The van der Waals surface area contributed by atoms with Crippen molar-refractivity contribution >= 4 is 23.2 Å². The van der Waals surface area contributed by atoms with Gasteiger partial charge in [-0.1, -0.05) is 12.5 Å². The maximum absolute atomic E-state index is 11.8. The lowest BCUT2D eigenvalue weighted by Crippen LogP contribution is -2.46. The van der Waals surface area contributed by atoms with E-state index in [0.717, 1.165) is 30.8 Å². The van der Waals surface area contributed by atoms with Gasteiger partial charge in [0.1, 0.15) is 6.54 Å². The first-order valence-electron chi connectivity index (χ1n) is 8.89. The van der Waals surface area contributed by atoms with Gasteiger partial charge in [0.05, 0.1) is 0 Å². The number of likely N-dealkylation sites (N-methyl/N-ethyl adjacent to an activating group) is 1. The summed E-state index contributed by atoms with van der Waals surface area (Å²) < 4.78 is 0. The summed E-state index contributed by atoms with van der Waals surface area (Å²) in [5.74, 6) is 2.49. The Balaban J connectivity index is 1.55. The Hall–Kier alpha value is -1.56. The minimum atomic E-state index is 0.0299. The molecule has 2 saturated carbocycles. The van der Waals surface area contributed by atoms with E-state index in [9.17, 15) is 4.79 Å². The number of hydrogen-bond acceptors (Lipinski definition) is 3. The first-order valence-corrected chi connectivity index (χ1v) is 9.77. The van der Waals surface area contributed by atoms with Crippen LogP contribution in [0.3, 0.4) is 0 Å². The summed E-state index contributed by atoms with van der Waals surface area (Å²) in [6.07, 6.45) is 6.31. The van der Waals surface area contributed by atoms with Crippen molar-refractivity contribution in [2.75, 3.05) is 27.2 Å². The monoisotopic (exact) mass is 348 g/mol. The molecular formula is C18H28N4OS. The standard InChI is InChI=1S/C18H28N4OS/c1-22(2)17(23)12-20-18(19-8-7-15-4-3-9-24-15)21-16-11-13-5-6-14(16)10-13/h3-4,9,13-14,16H,5-8,10-12H2,1-2H3,(H2,19,20,21). The van der Waals surface area contributed by atoms with Gasteiger partial charge in [-0.05, 0) is 49.0 Å². The number of carbonyl (C=O) groups is 1. The van der Waals surface area contributed by atoms with Crippen molar-refractivity contribution in [3.63, 3.8) is 0 Å². The molecule has 0 radical (unpaired) electrons. The number of rotatable bonds is 6. The summed E-state index contributed by atoms with van der Waals surface area (Å²) >= 11 is 1.78. The zero-order valence-electron chi connectivity index (χ0n) is 14.6. The second-order valence-corrected chi connectivity index (χ2v) is 8.17. The SMILES string of the molecule is CN(C)C(=O)CN=C(NCCc1cccs1)NC1CC2CCC1C2. The summed E-state index contributed by atoms with van der Waals surface area (Å²) in [6, 6.07) is 4.76. The zero-order valence-corrected chi connectivity index (χ0v) is 15.4. The van der Waals surface area contributed by atoms with Crippen LogP contribution in [0.25, 0.3) is 0 Å². The van der Waals surface area contributed by atoms with Crippen molar-refractivity contribution in [2.24, 2.45) is 16.8 Å². The predicted molar refractivity (Wildman–Crippen MR) is 99.4 cm³/mol. The van der Waals surface area contributed by atoms with Crippen molar-refractivity contribution < 1.29 is 4.79 Å². The van der Waals surface area contributed by atoms with Crippen LogP contribution < -0.4 is 10.6 Å². The molecule has 0 aliphatic heterocycles. The van der Waals surface area contributed by atoms with E-state index in [1.54, 1.807) is 30.3 Å². The van der Waals surface area contributed by atoms with E-state index >= 15 is 0 Å². The molecule has 1 heterocycles. The van der Waals surface area contributed by atoms with Gasteiger partial charge in [-0.25, -0.2) is 4.99 Å². The van der Waals surface area contributed by atoms with Crippen LogP contribution in [-0.4, -0.2) is 50.0 Å². The van der Waals surface area contributed by atoms with Gasteiger partial charge >= 0.3 is 0 Å². The first-order chi connectivity index (χ1) is 11.6. The van der Waals surface area contributed by atoms with Crippen molar-refractivity contribution in [1.82, 2.24) is 15.5 Å². The maximum atomic E-state index is 11.8. The maximum Gasteiger partial charge on any atom is 0.243 e. The fraction of sp³-hybridized carbons (Fsp3) is 0.667. The van der Waals surface area contributed by atoms with Crippen LogP contribution in [0.5, 0.6) is 0 Å². The number of amides is 1. The number of thiophene rings is 1. The molecule has 0 saturated heterocycles. The van der Waals surface area contributed by atoms with Gasteiger partial charge in [0.25, 0.3) is 0 Å². The fourth-order valence-electron chi connectivity index (χ4n) is 3.80. The second kappa shape index (κ2) is 8.01. The van der Waals surface area contributed by atoms with Crippen LogP contribution in [0.1, 0.15) is 30.6 Å². The van der Waals surface area contributed by atoms with Gasteiger partial charge in [-0.2, -0.15) is 0 Å². The number of guanidine groups is 1. The quantitative estimate of drug-likeness (QED) is 0.611. The molecule has 1 aromatic heterocycles. The van der Waals surface area contributed by atoms with E-state index in [0.29, 0.717) is 6.04 Å². The average molecular weight is 349 g/mol. The third kappa shape index (κ3) is 4.50. The number of hydrogen-bond donors (Lipinski definition) is 2. The van der Waals surface area contributed by atoms with Gasteiger partial charge in [0.15, 0.2) is 5.96 Å². The topological polar surface area (TPSA) is 56.7 Å². The van der Waals surface area contributed by atoms with Gasteiger partial charge in [0.2, 0.25) is 5.91 Å². The Kier molecular flexibility index (Phi) is 5.76. The zero-order chi connectivity index (χ0) is 16.9. The highest BCUT2D eigenvalue weighted by Crippen LogP contribution is 2.44. The van der Waals surface area contributed by atoms with Gasteiger partial charge in [-0.3, -0.25) is 4.79 Å². The first kappa shape index (κ1) is 17.3. The van der Waals surface area contributed by atoms with Crippen LogP contribution in [0.2, 0.25) is 0 Å². The summed E-state index contributed by atoms with van der Waals surface area (Å²) in [6.45, 7) is 1.03. The molecule has 2 fully saturated rings. The van der Waals surface area contributed by atoms with E-state index in [4.69, 9.17) is 0 Å². The van der Waals surface area contributed by atoms with Crippen molar-refractivity contribution in [3.05, 3.63) is 22.4 Å². The van der Waals surface area contributed by atoms with Crippen molar-refractivity contribution in [2.45, 2.75) is 38.1 Å². The van der Waals surface area contributed by atoms with E-state index in [2.05, 4.69) is 33.1 Å². The molecule has 1 amide bonds. The molecule has 2 aliphatic carbocycles. The molecule has 132 valence electrons. The Bertz CT molecular complexity index is 570. The number of nitrogens with zero attached hydrogens (tertiary/aromatic N) is 2. The van der Waals surface area contributed by atoms with E-state index < -0.39 is 0 Å². The molecule has 2 N–H and O–H groups in total. The molecular weight excluding hydrogens is 320 g/mol. The Morgan fingerprint density at radius 3 is 2.88 bits per heavy atom. The molecule has 24 heavy (non-hydrogen) atoms. The highest BCUT2D eigenvalue weighted by atomic mass is 32.1. The van der Waals surface area contributed by atoms with Crippen LogP contribution in [0.15, 0.2) is 22.5 Å². The van der Waals surface area contributed by atoms with Gasteiger partial charge in [0, 0.05) is 31.6 Å². The summed E-state index contributed by atoms with van der Waals surface area (Å²) in [4.78, 5) is 19.3. The van der Waals surface area contributed by atoms with Crippen molar-refractivity contribution in [3.8, 4) is 0 Å². The lowest BCUT2D eigenvalue weighted by Gasteiger charge is -2.25. The third-order valence-electron chi connectivity index (χ3n) is 5.18. The van der Waals surface area contributed by atoms with Crippen molar-refractivity contribution in [1.29, 1.82) is 0 Å². The average Bonchev–Trinajstić information content (AvgIpc) is 3.29. The van der Waals surface area contributed by atoms with Crippen LogP contribution in [-0.2, 0) is 11.2 Å². The van der Waals surface area contributed by atoms with E-state index in [1.165, 1.54) is 30.6 Å². The molecule has 3 atom stereocenters. The smallest absolute Gasteiger partial charge is 0.243 e. The molecule has 0 spiro atoms. The molecule has 0 aromatic carbocycles. The molecule has 3 unspecified atom stereocenters. The summed E-state index contributed by atoms with van der Waals surface area (Å²) in [7, 11) is 3.54. The molecule has 3 rings (SSSR count). The van der Waals surface area contributed by atoms with E-state index in [-0.39, 0.29) is 12.5 Å². The fourth-order valence-corrected chi connectivity index (χ4v) is 4.51.